The lowest BCUT2D eigenvalue weighted by Gasteiger charge is -2.27. The third-order valence-electron chi connectivity index (χ3n) is 3.97. The van der Waals surface area contributed by atoms with E-state index in [1.54, 1.807) is 7.11 Å². The van der Waals surface area contributed by atoms with Gasteiger partial charge in [0, 0.05) is 6.54 Å². The Labute approximate surface area is 113 Å². The molecule has 1 saturated carbocycles. The lowest BCUT2D eigenvalue weighted by molar-refractivity contribution is 0.278. The molecule has 1 heterocycles. The predicted molar refractivity (Wildman–Crippen MR) is 77.3 cm³/mol. The molecule has 0 radical (unpaired) electrons. The number of nitrogens with two attached hydrogens (primary N) is 1. The van der Waals surface area contributed by atoms with Crippen LogP contribution in [0.5, 0.6) is 5.75 Å². The lowest BCUT2D eigenvalue weighted by atomic mass is 9.81. The van der Waals surface area contributed by atoms with Gasteiger partial charge in [0.15, 0.2) is 16.6 Å². The number of nitrogens with one attached hydrogen (secondary N) is 1. The minimum Gasteiger partial charge on any atom is -0.490 e. The molecule has 0 aliphatic heterocycles. The van der Waals surface area contributed by atoms with E-state index in [4.69, 9.17) is 10.5 Å². The molecule has 0 unspecified atom stereocenters. The van der Waals surface area contributed by atoms with E-state index < -0.39 is 0 Å². The number of anilines is 2. The van der Waals surface area contributed by atoms with E-state index in [0.717, 1.165) is 23.4 Å². The van der Waals surface area contributed by atoms with Crippen molar-refractivity contribution in [2.45, 2.75) is 39.0 Å². The van der Waals surface area contributed by atoms with Crippen molar-refractivity contribution in [2.24, 2.45) is 11.8 Å². The van der Waals surface area contributed by atoms with Gasteiger partial charge < -0.3 is 15.8 Å². The Morgan fingerprint density at radius 2 is 2.00 bits per heavy atom. The molecule has 1 aromatic heterocycles. The summed E-state index contributed by atoms with van der Waals surface area (Å²) in [4.78, 5) is 0. The highest BCUT2D eigenvalue weighted by Gasteiger charge is 2.20. The lowest BCUT2D eigenvalue weighted by Crippen LogP contribution is -2.20. The zero-order chi connectivity index (χ0) is 13.0. The molecule has 18 heavy (non-hydrogen) atoms. The number of hydrogen-bond donors (Lipinski definition) is 2. The number of methoxy groups -OCH3 is 1. The van der Waals surface area contributed by atoms with Crippen LogP contribution in [0.2, 0.25) is 0 Å². The molecule has 0 bridgehead atoms. The number of nitrogen functional groups attached to an aromatic ring is 1. The summed E-state index contributed by atoms with van der Waals surface area (Å²) in [6.45, 7) is 3.31. The van der Waals surface area contributed by atoms with Gasteiger partial charge in [-0.1, -0.05) is 26.2 Å². The van der Waals surface area contributed by atoms with Crippen LogP contribution in [-0.2, 0) is 0 Å². The minimum absolute atomic E-state index is 0.486. The van der Waals surface area contributed by atoms with Crippen LogP contribution in [0.3, 0.4) is 0 Å². The van der Waals surface area contributed by atoms with Crippen molar-refractivity contribution in [1.29, 1.82) is 0 Å². The zero-order valence-electron chi connectivity index (χ0n) is 11.2. The zero-order valence-corrected chi connectivity index (χ0v) is 12.1. The summed E-state index contributed by atoms with van der Waals surface area (Å²) >= 11 is 1.38. The van der Waals surface area contributed by atoms with Crippen LogP contribution in [-0.4, -0.2) is 18.0 Å². The number of nitrogens with zero attached hydrogens (tertiary/aromatic N) is 1. The first-order valence-electron chi connectivity index (χ1n) is 6.77. The van der Waals surface area contributed by atoms with Crippen LogP contribution >= 0.6 is 11.5 Å². The fourth-order valence-electron chi connectivity index (χ4n) is 2.68. The van der Waals surface area contributed by atoms with Crippen LogP contribution < -0.4 is 15.8 Å². The fraction of sp³-hybridized carbons (Fsp3) is 0.769. The van der Waals surface area contributed by atoms with Gasteiger partial charge in [-0.05, 0) is 36.2 Å². The summed E-state index contributed by atoms with van der Waals surface area (Å²) < 4.78 is 9.36. The summed E-state index contributed by atoms with van der Waals surface area (Å²) in [5.74, 6) is 2.91. The van der Waals surface area contributed by atoms with Gasteiger partial charge in [-0.2, -0.15) is 4.37 Å². The van der Waals surface area contributed by atoms with E-state index in [0.29, 0.717) is 11.6 Å². The van der Waals surface area contributed by atoms with Crippen molar-refractivity contribution in [3.63, 3.8) is 0 Å². The molecule has 1 fully saturated rings. The maximum atomic E-state index is 5.73. The maximum absolute atomic E-state index is 5.73. The quantitative estimate of drug-likeness (QED) is 0.860. The Kier molecular flexibility index (Phi) is 4.69. The van der Waals surface area contributed by atoms with Crippen LogP contribution in [0.4, 0.5) is 10.8 Å². The van der Waals surface area contributed by atoms with Crippen molar-refractivity contribution in [3.05, 3.63) is 0 Å². The molecule has 0 saturated heterocycles. The van der Waals surface area contributed by atoms with Gasteiger partial charge in [-0.15, -0.1) is 0 Å². The smallest absolute Gasteiger partial charge is 0.197 e. The largest absolute Gasteiger partial charge is 0.490 e. The molecule has 1 aliphatic rings. The number of aromatic nitrogens is 1. The van der Waals surface area contributed by atoms with E-state index in [1.165, 1.54) is 43.6 Å². The summed E-state index contributed by atoms with van der Waals surface area (Å²) in [7, 11) is 1.64. The van der Waals surface area contributed by atoms with Gasteiger partial charge in [0.05, 0.1) is 7.11 Å². The summed E-state index contributed by atoms with van der Waals surface area (Å²) in [6.07, 6.45) is 6.76. The van der Waals surface area contributed by atoms with Gasteiger partial charge in [-0.3, -0.25) is 0 Å². The van der Waals surface area contributed by atoms with Crippen LogP contribution in [0.25, 0.3) is 0 Å². The highest BCUT2D eigenvalue weighted by atomic mass is 32.1. The Morgan fingerprint density at radius 3 is 2.61 bits per heavy atom. The molecule has 0 atom stereocenters. The highest BCUT2D eigenvalue weighted by Crippen LogP contribution is 2.36. The molecule has 4 nitrogen and oxygen atoms in total. The normalized spacial score (nSPS) is 23.9. The van der Waals surface area contributed by atoms with Gasteiger partial charge in [0.1, 0.15) is 0 Å². The predicted octanol–water partition coefficient (Wildman–Crippen LogP) is 3.36. The van der Waals surface area contributed by atoms with Crippen molar-refractivity contribution >= 4 is 22.4 Å². The second-order valence-corrected chi connectivity index (χ2v) is 5.88. The molecule has 1 aliphatic carbocycles. The Morgan fingerprint density at radius 1 is 1.33 bits per heavy atom. The molecule has 0 spiro atoms. The average molecular weight is 269 g/mol. The standard InChI is InChI=1S/C13H23N3OS/c1-3-9-4-6-10(7-5-9)8-15-13-11(17-2)12(14)16-18-13/h9-10,15H,3-8H2,1-2H3,(H2,14,16). The topological polar surface area (TPSA) is 60.2 Å². The van der Waals surface area contributed by atoms with Crippen LogP contribution in [0, 0.1) is 11.8 Å². The van der Waals surface area contributed by atoms with E-state index in [-0.39, 0.29) is 0 Å². The van der Waals surface area contributed by atoms with E-state index in [9.17, 15) is 0 Å². The van der Waals surface area contributed by atoms with Crippen molar-refractivity contribution in [3.8, 4) is 5.75 Å². The SMILES string of the molecule is CCC1CCC(CNc2snc(N)c2OC)CC1. The molecule has 0 aromatic carbocycles. The van der Waals surface area contributed by atoms with Crippen LogP contribution in [0.1, 0.15) is 39.0 Å². The number of ether oxygens (including phenoxy) is 1. The fourth-order valence-corrected chi connectivity index (χ4v) is 3.38. The van der Waals surface area contributed by atoms with E-state index >= 15 is 0 Å². The van der Waals surface area contributed by atoms with Crippen molar-refractivity contribution < 1.29 is 4.74 Å². The molecule has 1 aromatic rings. The molecule has 5 heteroatoms. The molecular weight excluding hydrogens is 246 g/mol. The number of hydrogen-bond acceptors (Lipinski definition) is 5. The molecular formula is C13H23N3OS. The Bertz CT molecular complexity index is 372. The Balaban J connectivity index is 1.81. The summed E-state index contributed by atoms with van der Waals surface area (Å²) in [5, 5.41) is 4.40. The van der Waals surface area contributed by atoms with E-state index in [1.807, 2.05) is 0 Å². The van der Waals surface area contributed by atoms with Gasteiger partial charge in [0.2, 0.25) is 0 Å². The molecule has 3 N–H and O–H groups in total. The average Bonchev–Trinajstić information content (AvgIpc) is 2.77. The van der Waals surface area contributed by atoms with Gasteiger partial charge in [0.25, 0.3) is 0 Å². The van der Waals surface area contributed by atoms with Gasteiger partial charge >= 0.3 is 0 Å². The van der Waals surface area contributed by atoms with Crippen molar-refractivity contribution in [1.82, 2.24) is 4.37 Å². The van der Waals surface area contributed by atoms with Crippen LogP contribution in [0.15, 0.2) is 0 Å². The first-order chi connectivity index (χ1) is 8.74. The summed E-state index contributed by atoms with van der Waals surface area (Å²) in [6, 6.07) is 0. The third kappa shape index (κ3) is 3.07. The molecule has 0 amide bonds. The van der Waals surface area contributed by atoms with Crippen molar-refractivity contribution in [2.75, 3.05) is 24.7 Å². The van der Waals surface area contributed by atoms with Gasteiger partial charge in [-0.25, -0.2) is 0 Å². The third-order valence-corrected chi connectivity index (χ3v) is 4.77. The minimum atomic E-state index is 0.486. The highest BCUT2D eigenvalue weighted by molar-refractivity contribution is 7.11. The van der Waals surface area contributed by atoms with E-state index in [2.05, 4.69) is 16.6 Å². The molecule has 2 rings (SSSR count). The second kappa shape index (κ2) is 6.27. The maximum Gasteiger partial charge on any atom is 0.197 e. The molecule has 102 valence electrons. The monoisotopic (exact) mass is 269 g/mol. The Hall–Kier alpha value is -0.970. The second-order valence-electron chi connectivity index (χ2n) is 5.11. The first-order valence-corrected chi connectivity index (χ1v) is 7.54. The first kappa shape index (κ1) is 13.5. The summed E-state index contributed by atoms with van der Waals surface area (Å²) in [5.41, 5.74) is 5.73. The number of rotatable bonds is 5.